The summed E-state index contributed by atoms with van der Waals surface area (Å²) in [5.74, 6) is 0.0541. The van der Waals surface area contributed by atoms with E-state index in [1.165, 1.54) is 18.2 Å². The van der Waals surface area contributed by atoms with Crippen LogP contribution in [0.1, 0.15) is 17.9 Å². The van der Waals surface area contributed by atoms with E-state index in [2.05, 4.69) is 15.5 Å². The highest BCUT2D eigenvalue weighted by atomic mass is 19.1. The molecule has 4 rings (SSSR count). The van der Waals surface area contributed by atoms with Crippen LogP contribution in [0, 0.1) is 17.6 Å². The quantitative estimate of drug-likeness (QED) is 0.761. The van der Waals surface area contributed by atoms with Crippen LogP contribution in [0.25, 0.3) is 10.9 Å². The van der Waals surface area contributed by atoms with Crippen molar-refractivity contribution in [3.63, 3.8) is 0 Å². The number of ether oxygens (including phenoxy) is 1. The standard InChI is InChI=1S/C19H19F2N3O/c20-15-3-1-12(2-4-15)16-5-6-22-9-14(16)11-25-19-7-13-10-23-24-18(13)8-17(19)21/h1-4,7-8,10,14,16,22H,5-6,9,11H2,(H,23,24)/t14-,16-/m0/s1. The monoisotopic (exact) mass is 343 g/mol. The molecule has 0 saturated carbocycles. The molecule has 2 heterocycles. The number of hydrogen-bond donors (Lipinski definition) is 2. The van der Waals surface area contributed by atoms with Gasteiger partial charge in [-0.15, -0.1) is 0 Å². The van der Waals surface area contributed by atoms with E-state index in [-0.39, 0.29) is 23.4 Å². The number of H-pyrrole nitrogens is 1. The Kier molecular flexibility index (Phi) is 4.36. The van der Waals surface area contributed by atoms with E-state index in [1.54, 1.807) is 12.3 Å². The molecule has 2 atom stereocenters. The van der Waals surface area contributed by atoms with Crippen LogP contribution < -0.4 is 10.1 Å². The summed E-state index contributed by atoms with van der Waals surface area (Å²) in [6.07, 6.45) is 2.59. The Morgan fingerprint density at radius 1 is 1.16 bits per heavy atom. The average molecular weight is 343 g/mol. The number of benzene rings is 2. The summed E-state index contributed by atoms with van der Waals surface area (Å²) in [6.45, 7) is 2.10. The van der Waals surface area contributed by atoms with Crippen LogP contribution in [0.5, 0.6) is 5.75 Å². The number of fused-ring (bicyclic) bond motifs is 1. The summed E-state index contributed by atoms with van der Waals surface area (Å²) >= 11 is 0. The third kappa shape index (κ3) is 3.35. The van der Waals surface area contributed by atoms with E-state index in [4.69, 9.17) is 4.74 Å². The maximum Gasteiger partial charge on any atom is 0.167 e. The lowest BCUT2D eigenvalue weighted by molar-refractivity contribution is 0.191. The Hall–Kier alpha value is -2.47. The Bertz CT molecular complexity index is 863. The molecule has 0 amide bonds. The highest BCUT2D eigenvalue weighted by Crippen LogP contribution is 2.32. The van der Waals surface area contributed by atoms with Crippen molar-refractivity contribution in [1.29, 1.82) is 0 Å². The van der Waals surface area contributed by atoms with Gasteiger partial charge in [0.25, 0.3) is 0 Å². The van der Waals surface area contributed by atoms with Gasteiger partial charge in [0, 0.05) is 23.9 Å². The molecule has 2 aromatic carbocycles. The van der Waals surface area contributed by atoms with Gasteiger partial charge < -0.3 is 10.1 Å². The number of rotatable bonds is 4. The zero-order valence-electron chi connectivity index (χ0n) is 13.6. The van der Waals surface area contributed by atoms with Gasteiger partial charge in [-0.25, -0.2) is 8.78 Å². The molecule has 1 aliphatic rings. The topological polar surface area (TPSA) is 49.9 Å². The predicted octanol–water partition coefficient (Wildman–Crippen LogP) is 3.61. The van der Waals surface area contributed by atoms with Crippen molar-refractivity contribution in [2.45, 2.75) is 12.3 Å². The van der Waals surface area contributed by atoms with Crippen molar-refractivity contribution >= 4 is 10.9 Å². The molecule has 0 aliphatic carbocycles. The van der Waals surface area contributed by atoms with Crippen LogP contribution in [0.15, 0.2) is 42.6 Å². The average Bonchev–Trinajstić information content (AvgIpc) is 3.08. The lowest BCUT2D eigenvalue weighted by Gasteiger charge is -2.32. The number of nitrogens with one attached hydrogen (secondary N) is 2. The molecule has 6 heteroatoms. The molecule has 3 aromatic rings. The normalized spacial score (nSPS) is 20.7. The molecule has 130 valence electrons. The van der Waals surface area contributed by atoms with Crippen LogP contribution in [0.2, 0.25) is 0 Å². The number of aromatic amines is 1. The maximum absolute atomic E-state index is 14.2. The molecule has 0 bridgehead atoms. The van der Waals surface area contributed by atoms with E-state index in [0.717, 1.165) is 30.5 Å². The fourth-order valence-corrected chi connectivity index (χ4v) is 3.50. The van der Waals surface area contributed by atoms with Crippen molar-refractivity contribution < 1.29 is 13.5 Å². The molecule has 4 nitrogen and oxygen atoms in total. The van der Waals surface area contributed by atoms with E-state index < -0.39 is 5.82 Å². The molecule has 1 fully saturated rings. The molecule has 0 radical (unpaired) electrons. The van der Waals surface area contributed by atoms with E-state index in [0.29, 0.717) is 12.1 Å². The summed E-state index contributed by atoms with van der Waals surface area (Å²) in [5, 5.41) is 10.8. The Balaban J connectivity index is 1.51. The van der Waals surface area contributed by atoms with Crippen LogP contribution in [0.4, 0.5) is 8.78 Å². The summed E-state index contributed by atoms with van der Waals surface area (Å²) in [7, 11) is 0. The maximum atomic E-state index is 14.2. The first kappa shape index (κ1) is 16.0. The molecule has 0 spiro atoms. The van der Waals surface area contributed by atoms with Gasteiger partial charge in [0.2, 0.25) is 0 Å². The highest BCUT2D eigenvalue weighted by Gasteiger charge is 2.27. The van der Waals surface area contributed by atoms with E-state index in [1.807, 2.05) is 12.1 Å². The van der Waals surface area contributed by atoms with E-state index >= 15 is 0 Å². The minimum Gasteiger partial charge on any atom is -0.490 e. The summed E-state index contributed by atoms with van der Waals surface area (Å²) < 4.78 is 33.2. The molecule has 2 N–H and O–H groups in total. The van der Waals surface area contributed by atoms with Gasteiger partial charge in [0.15, 0.2) is 11.6 Å². The van der Waals surface area contributed by atoms with Crippen LogP contribution in [0.3, 0.4) is 0 Å². The zero-order chi connectivity index (χ0) is 17.2. The molecular weight excluding hydrogens is 324 g/mol. The van der Waals surface area contributed by atoms with Gasteiger partial charge in [0.05, 0.1) is 18.3 Å². The predicted molar refractivity (Wildman–Crippen MR) is 91.7 cm³/mol. The van der Waals surface area contributed by atoms with Gasteiger partial charge in [-0.2, -0.15) is 5.10 Å². The first-order chi connectivity index (χ1) is 12.2. The van der Waals surface area contributed by atoms with Crippen LogP contribution in [-0.2, 0) is 0 Å². The second kappa shape index (κ2) is 6.80. The Morgan fingerprint density at radius 2 is 2.00 bits per heavy atom. The lowest BCUT2D eigenvalue weighted by atomic mass is 9.81. The summed E-state index contributed by atoms with van der Waals surface area (Å²) in [6, 6.07) is 9.70. The van der Waals surface area contributed by atoms with Gasteiger partial charge in [-0.05, 0) is 42.6 Å². The number of piperidine rings is 1. The van der Waals surface area contributed by atoms with Crippen molar-refractivity contribution in [1.82, 2.24) is 15.5 Å². The lowest BCUT2D eigenvalue weighted by Crippen LogP contribution is -2.38. The highest BCUT2D eigenvalue weighted by molar-refractivity contribution is 5.79. The molecular formula is C19H19F2N3O. The molecule has 0 unspecified atom stereocenters. The number of hydrogen-bond acceptors (Lipinski definition) is 3. The second-order valence-corrected chi connectivity index (χ2v) is 6.46. The van der Waals surface area contributed by atoms with Crippen molar-refractivity contribution in [3.8, 4) is 5.75 Å². The first-order valence-corrected chi connectivity index (χ1v) is 8.42. The summed E-state index contributed by atoms with van der Waals surface area (Å²) in [4.78, 5) is 0. The van der Waals surface area contributed by atoms with Gasteiger partial charge >= 0.3 is 0 Å². The third-order valence-corrected chi connectivity index (χ3v) is 4.85. The molecule has 1 saturated heterocycles. The fraction of sp³-hybridized carbons (Fsp3) is 0.316. The largest absolute Gasteiger partial charge is 0.490 e. The fourth-order valence-electron chi connectivity index (χ4n) is 3.50. The number of aromatic nitrogens is 2. The van der Waals surface area contributed by atoms with Gasteiger partial charge in [-0.3, -0.25) is 5.10 Å². The van der Waals surface area contributed by atoms with Crippen molar-refractivity contribution in [2.75, 3.05) is 19.7 Å². The molecule has 25 heavy (non-hydrogen) atoms. The van der Waals surface area contributed by atoms with Crippen molar-refractivity contribution in [3.05, 3.63) is 59.8 Å². The van der Waals surface area contributed by atoms with Crippen molar-refractivity contribution in [2.24, 2.45) is 5.92 Å². The first-order valence-electron chi connectivity index (χ1n) is 8.42. The minimum atomic E-state index is -0.404. The smallest absolute Gasteiger partial charge is 0.167 e. The number of halogens is 2. The molecule has 1 aliphatic heterocycles. The zero-order valence-corrected chi connectivity index (χ0v) is 13.6. The minimum absolute atomic E-state index is 0.193. The second-order valence-electron chi connectivity index (χ2n) is 6.46. The SMILES string of the molecule is Fc1ccc([C@@H]2CCNC[C@H]2COc2cc3cn[nH]c3cc2F)cc1. The van der Waals surface area contributed by atoms with E-state index in [9.17, 15) is 8.78 Å². The summed E-state index contributed by atoms with van der Waals surface area (Å²) in [5.41, 5.74) is 1.75. The number of nitrogens with zero attached hydrogens (tertiary/aromatic N) is 1. The molecule has 1 aromatic heterocycles. The van der Waals surface area contributed by atoms with Gasteiger partial charge in [-0.1, -0.05) is 12.1 Å². The van der Waals surface area contributed by atoms with Crippen LogP contribution >= 0.6 is 0 Å². The van der Waals surface area contributed by atoms with Crippen LogP contribution in [-0.4, -0.2) is 29.9 Å². The van der Waals surface area contributed by atoms with Gasteiger partial charge in [0.1, 0.15) is 5.82 Å². The third-order valence-electron chi connectivity index (χ3n) is 4.85. The Morgan fingerprint density at radius 3 is 2.84 bits per heavy atom. The Labute approximate surface area is 144 Å².